The number of hydrogen-bond donors (Lipinski definition) is 3. The Morgan fingerprint density at radius 1 is 1.67 bits per heavy atom. The van der Waals surface area contributed by atoms with Crippen LogP contribution in [0.4, 0.5) is 0 Å². The monoisotopic (exact) mass is 232 g/mol. The molecule has 3 N–H and O–H groups in total. The molecule has 0 bridgehead atoms. The zero-order chi connectivity index (χ0) is 7.21. The van der Waals surface area contributed by atoms with Crippen LogP contribution in [0.3, 0.4) is 0 Å². The minimum atomic E-state index is -4.89. The van der Waals surface area contributed by atoms with E-state index in [1.54, 1.807) is 0 Å². The van der Waals surface area contributed by atoms with Gasteiger partial charge < -0.3 is 17.5 Å². The fourth-order valence-corrected chi connectivity index (χ4v) is 0. The second kappa shape index (κ2) is 9.26. The van der Waals surface area contributed by atoms with Crippen molar-refractivity contribution in [3.05, 3.63) is 0 Å². The molecule has 0 rings (SSSR count). The molecule has 6 nitrogen and oxygen atoms in total. The Balaban J connectivity index is -0.0000000119. The molecule has 0 heterocycles. The standard InChI is InChI=1S/BHO2.H3O4P.Sr.2H/c2-1-3;1-5(2,3)4;;;/h2H;(H3,1,2,3,4);;;/q;;+2;2*-1. The van der Waals surface area contributed by atoms with Gasteiger partial charge in [0.2, 0.25) is 0 Å². The van der Waals surface area contributed by atoms with Crippen LogP contribution >= 0.6 is 7.82 Å². The van der Waals surface area contributed by atoms with Gasteiger partial charge in [-0.05, 0) is 0 Å². The molecule has 0 aliphatic carbocycles. The molecule has 0 aliphatic heterocycles. The Labute approximate surface area is 93.1 Å². The third kappa shape index (κ3) is 309. The molecule has 9 heteroatoms. The molecule has 0 saturated heterocycles. The van der Waals surface area contributed by atoms with Crippen molar-refractivity contribution < 1.29 is 33.3 Å². The Morgan fingerprint density at radius 3 is 1.67 bits per heavy atom. The number of phosphoric acid groups is 1. The third-order valence-corrected chi connectivity index (χ3v) is 0. The van der Waals surface area contributed by atoms with Gasteiger partial charge in [0.1, 0.15) is 0 Å². The molecule has 52 valence electrons. The summed E-state index contributed by atoms with van der Waals surface area (Å²) in [6.45, 7) is 0. The molecule has 0 spiro atoms. The molecule has 0 radical (unpaired) electrons. The van der Waals surface area contributed by atoms with E-state index >= 15 is 0 Å². The summed E-state index contributed by atoms with van der Waals surface area (Å²) in [5.74, 6) is 0. The van der Waals surface area contributed by atoms with Crippen molar-refractivity contribution in [2.75, 3.05) is 0 Å². The van der Waals surface area contributed by atoms with Crippen LogP contribution in [0.15, 0.2) is 0 Å². The zero-order valence-corrected chi connectivity index (χ0v) is 8.67. The Hall–Kier alpha value is 1.26. The van der Waals surface area contributed by atoms with Crippen molar-refractivity contribution in [3.63, 3.8) is 0 Å². The normalized spacial score (nSPS) is 7.44. The van der Waals surface area contributed by atoms with Crippen LogP contribution in [0.25, 0.3) is 0 Å². The average molecular weight is 231 g/mol. The van der Waals surface area contributed by atoms with E-state index in [0.29, 0.717) is 0 Å². The molecule has 0 saturated carbocycles. The van der Waals surface area contributed by atoms with Gasteiger partial charge in [0.05, 0.1) is 0 Å². The predicted molar refractivity (Wildman–Crippen MR) is 29.8 cm³/mol. The molecule has 0 fully saturated rings. The van der Waals surface area contributed by atoms with Crippen molar-refractivity contribution in [1.82, 2.24) is 0 Å². The van der Waals surface area contributed by atoms with E-state index in [9.17, 15) is 0 Å². The molecule has 0 unspecified atom stereocenters. The van der Waals surface area contributed by atoms with Gasteiger partial charge >= 0.3 is 64.0 Å². The maximum atomic E-state index is 8.77. The summed E-state index contributed by atoms with van der Waals surface area (Å²) in [7, 11) is -5.14. The van der Waals surface area contributed by atoms with Gasteiger partial charge in [-0.15, -0.1) is 0 Å². The smallest absolute Gasteiger partial charge is 1.00 e. The maximum Gasteiger partial charge on any atom is 2.00 e. The van der Waals surface area contributed by atoms with Crippen LogP contribution in [-0.4, -0.2) is 67.6 Å². The van der Waals surface area contributed by atoms with Crippen LogP contribution < -0.4 is 4.89 Å². The van der Waals surface area contributed by atoms with Gasteiger partial charge in [-0.1, -0.05) is 0 Å². The molecule has 0 aromatic heterocycles. The third-order valence-electron chi connectivity index (χ3n) is 0. The van der Waals surface area contributed by atoms with Crippen LogP contribution in [0.2, 0.25) is 0 Å². The van der Waals surface area contributed by atoms with E-state index in [4.69, 9.17) is 29.0 Å². The van der Waals surface area contributed by atoms with Gasteiger partial charge in [-0.2, -0.15) is 0 Å². The maximum absolute atomic E-state index is 8.77. The molecule has 0 aromatic rings. The quantitative estimate of drug-likeness (QED) is 0.309. The van der Waals surface area contributed by atoms with Crippen molar-refractivity contribution in [2.24, 2.45) is 0 Å². The van der Waals surface area contributed by atoms with Crippen LogP contribution in [0.1, 0.15) is 4.28 Å². The first-order valence-corrected chi connectivity index (χ1v) is 2.79. The zero-order valence-electron chi connectivity index (χ0n) is 7.30. The van der Waals surface area contributed by atoms with Crippen LogP contribution in [0, 0.1) is 0 Å². The minimum absolute atomic E-state index is 0. The summed E-state index contributed by atoms with van der Waals surface area (Å²) in [5.41, 5.74) is 0. The first kappa shape index (κ1) is 16.7. The van der Waals surface area contributed by atoms with E-state index in [-0.39, 0.29) is 57.1 Å². The molecular weight excluding hydrogens is 225 g/mol. The van der Waals surface area contributed by atoms with Crippen LogP contribution in [0.5, 0.6) is 0 Å². The van der Waals surface area contributed by atoms with Crippen molar-refractivity contribution in [2.45, 2.75) is 0 Å². The Morgan fingerprint density at radius 2 is 1.67 bits per heavy atom. The topological polar surface area (TPSA) is 118 Å². The van der Waals surface area contributed by atoms with Gasteiger partial charge in [0.15, 0.2) is 0 Å². The van der Waals surface area contributed by atoms with E-state index < -0.39 is 7.82 Å². The summed E-state index contributed by atoms with van der Waals surface area (Å²) in [5, 5.41) is 6.89. The summed E-state index contributed by atoms with van der Waals surface area (Å²) >= 11 is 0. The molecule has 0 aliphatic rings. The number of hydrogen-bond acceptors (Lipinski definition) is 3. The Kier molecular flexibility index (Phi) is 17.2. The molecule has 9 heavy (non-hydrogen) atoms. The van der Waals surface area contributed by atoms with Gasteiger partial charge in [0, 0.05) is 0 Å². The second-order valence-electron chi connectivity index (χ2n) is 0.596. The molecule has 0 amide bonds. The van der Waals surface area contributed by atoms with Crippen molar-refractivity contribution in [3.8, 4) is 0 Å². The SMILES string of the molecule is O=BO.O=P([O-])(O)O.[H+].[H-].[H-].[Sr+2]. The van der Waals surface area contributed by atoms with Crippen molar-refractivity contribution in [1.29, 1.82) is 0 Å². The molecule has 0 aromatic carbocycles. The minimum Gasteiger partial charge on any atom is -1.00 e. The molecule has 0 atom stereocenters. The average Bonchev–Trinajstić information content (AvgIpc) is 1.27. The van der Waals surface area contributed by atoms with E-state index in [1.807, 2.05) is 0 Å². The second-order valence-corrected chi connectivity index (χ2v) is 1.58. The van der Waals surface area contributed by atoms with Crippen LogP contribution in [-0.2, 0) is 9.27 Å². The van der Waals surface area contributed by atoms with Gasteiger partial charge in [-0.3, -0.25) is 4.57 Å². The first-order valence-electron chi connectivity index (χ1n) is 1.26. The van der Waals surface area contributed by atoms with Crippen molar-refractivity contribution >= 4 is 60.7 Å². The fraction of sp³-hybridized carbons (Fsp3) is 0. The predicted octanol–water partition coefficient (Wildman–Crippen LogP) is -2.66. The van der Waals surface area contributed by atoms with Gasteiger partial charge in [-0.25, -0.2) is 0 Å². The Bertz CT molecular complexity index is 96.7. The largest absolute Gasteiger partial charge is 2.00 e. The summed E-state index contributed by atoms with van der Waals surface area (Å²) in [4.78, 5) is 22.9. The molecular formula is H6BO6PSr. The van der Waals surface area contributed by atoms with E-state index in [0.717, 1.165) is 0 Å². The number of rotatable bonds is 0. The summed E-state index contributed by atoms with van der Waals surface area (Å²) in [6.07, 6.45) is 0. The van der Waals surface area contributed by atoms with E-state index in [1.165, 1.54) is 0 Å². The summed E-state index contributed by atoms with van der Waals surface area (Å²) < 4.78 is 17.1. The van der Waals surface area contributed by atoms with E-state index in [2.05, 4.69) is 0 Å². The summed E-state index contributed by atoms with van der Waals surface area (Å²) in [6, 6.07) is 0. The first-order chi connectivity index (χ1) is 3.41. The fourth-order valence-electron chi connectivity index (χ4n) is 0. The van der Waals surface area contributed by atoms with Gasteiger partial charge in [0.25, 0.3) is 7.82 Å².